The van der Waals surface area contributed by atoms with Crippen LogP contribution in [0.1, 0.15) is 20.3 Å². The first-order valence-electron chi connectivity index (χ1n) is 9.81. The van der Waals surface area contributed by atoms with E-state index in [0.29, 0.717) is 17.4 Å². The summed E-state index contributed by atoms with van der Waals surface area (Å²) in [5.41, 5.74) is 7.45. The number of nitrogens with zero attached hydrogens (tertiary/aromatic N) is 7. The highest BCUT2D eigenvalue weighted by atomic mass is 16.5. The molecular formula is C21H22N8O2. The molecule has 0 aliphatic rings. The molecule has 0 saturated heterocycles. The van der Waals surface area contributed by atoms with Crippen LogP contribution in [0.5, 0.6) is 5.88 Å². The van der Waals surface area contributed by atoms with Gasteiger partial charge in [-0.15, -0.1) is 0 Å². The first-order chi connectivity index (χ1) is 15.0. The van der Waals surface area contributed by atoms with E-state index in [1.807, 2.05) is 44.3 Å². The number of anilines is 3. The molecule has 0 amide bonds. The Kier molecular flexibility index (Phi) is 5.69. The predicted molar refractivity (Wildman–Crippen MR) is 116 cm³/mol. The summed E-state index contributed by atoms with van der Waals surface area (Å²) in [6.07, 6.45) is 2.60. The lowest BCUT2D eigenvalue weighted by molar-refractivity contribution is 0.208. The van der Waals surface area contributed by atoms with Crippen molar-refractivity contribution in [3.63, 3.8) is 0 Å². The van der Waals surface area contributed by atoms with Crippen molar-refractivity contribution in [2.75, 3.05) is 17.7 Å². The quantitative estimate of drug-likeness (QED) is 0.476. The number of hydrogen-bond donors (Lipinski definition) is 1. The van der Waals surface area contributed by atoms with Gasteiger partial charge in [0.2, 0.25) is 29.4 Å². The van der Waals surface area contributed by atoms with Gasteiger partial charge in [0.05, 0.1) is 11.7 Å². The van der Waals surface area contributed by atoms with Gasteiger partial charge in [-0.2, -0.15) is 19.9 Å². The first-order valence-corrected chi connectivity index (χ1v) is 9.81. The van der Waals surface area contributed by atoms with E-state index in [-0.39, 0.29) is 29.6 Å². The van der Waals surface area contributed by atoms with Gasteiger partial charge >= 0.3 is 0 Å². The van der Waals surface area contributed by atoms with Gasteiger partial charge in [0, 0.05) is 25.0 Å². The van der Waals surface area contributed by atoms with E-state index in [0.717, 1.165) is 12.1 Å². The van der Waals surface area contributed by atoms with Gasteiger partial charge in [-0.05, 0) is 31.5 Å². The molecule has 10 heteroatoms. The van der Waals surface area contributed by atoms with Crippen molar-refractivity contribution in [3.05, 3.63) is 48.7 Å². The highest BCUT2D eigenvalue weighted by molar-refractivity contribution is 5.60. The summed E-state index contributed by atoms with van der Waals surface area (Å²) in [5, 5.41) is 3.99. The fourth-order valence-electron chi connectivity index (χ4n) is 2.70. The molecule has 10 nitrogen and oxygen atoms in total. The van der Waals surface area contributed by atoms with Crippen LogP contribution in [0.3, 0.4) is 0 Å². The van der Waals surface area contributed by atoms with Crippen LogP contribution in [-0.4, -0.2) is 43.2 Å². The molecule has 1 unspecified atom stereocenters. The van der Waals surface area contributed by atoms with Gasteiger partial charge < -0.3 is 19.9 Å². The maximum absolute atomic E-state index is 5.90. The maximum Gasteiger partial charge on any atom is 0.259 e. The van der Waals surface area contributed by atoms with Crippen molar-refractivity contribution in [2.45, 2.75) is 26.4 Å². The Morgan fingerprint density at radius 2 is 1.84 bits per heavy atom. The van der Waals surface area contributed by atoms with Crippen molar-refractivity contribution < 1.29 is 9.26 Å². The van der Waals surface area contributed by atoms with Crippen molar-refractivity contribution in [1.29, 1.82) is 0 Å². The molecule has 31 heavy (non-hydrogen) atoms. The number of para-hydroxylation sites is 1. The Morgan fingerprint density at radius 3 is 2.55 bits per heavy atom. The van der Waals surface area contributed by atoms with Crippen molar-refractivity contribution in [3.8, 4) is 29.0 Å². The molecule has 1 aromatic carbocycles. The minimum Gasteiger partial charge on any atom is -0.475 e. The second-order valence-electron chi connectivity index (χ2n) is 6.86. The summed E-state index contributed by atoms with van der Waals surface area (Å²) in [5.74, 6) is 1.67. The molecule has 158 valence electrons. The molecule has 1 atom stereocenters. The number of hydrogen-bond acceptors (Lipinski definition) is 10. The highest BCUT2D eigenvalue weighted by Gasteiger charge is 2.17. The van der Waals surface area contributed by atoms with Gasteiger partial charge in [0.1, 0.15) is 0 Å². The van der Waals surface area contributed by atoms with Crippen molar-refractivity contribution in [2.24, 2.45) is 0 Å². The number of benzene rings is 1. The molecule has 0 aliphatic heterocycles. The van der Waals surface area contributed by atoms with Crippen LogP contribution in [0.2, 0.25) is 0 Å². The Balaban J connectivity index is 1.58. The summed E-state index contributed by atoms with van der Waals surface area (Å²) in [6.45, 7) is 4.04. The first kappa shape index (κ1) is 20.2. The van der Waals surface area contributed by atoms with Crippen LogP contribution in [0, 0.1) is 0 Å². The fraction of sp³-hybridized carbons (Fsp3) is 0.238. The Bertz CT molecular complexity index is 1150. The van der Waals surface area contributed by atoms with E-state index >= 15 is 0 Å². The van der Waals surface area contributed by atoms with E-state index in [1.54, 1.807) is 23.2 Å². The summed E-state index contributed by atoms with van der Waals surface area (Å²) < 4.78 is 11.1. The van der Waals surface area contributed by atoms with E-state index < -0.39 is 0 Å². The molecule has 0 spiro atoms. The molecule has 0 saturated carbocycles. The number of pyridine rings is 1. The Labute approximate surface area is 179 Å². The lowest BCUT2D eigenvalue weighted by atomic mass is 10.3. The molecule has 0 aliphatic carbocycles. The zero-order chi connectivity index (χ0) is 21.8. The number of nitrogens with two attached hydrogens (primary N) is 1. The maximum atomic E-state index is 5.90. The summed E-state index contributed by atoms with van der Waals surface area (Å²) in [4.78, 5) is 23.3. The number of rotatable bonds is 7. The standard InChI is InChI=1S/C21H22N8O2/c1-4-13(2)30-16-11-10-14(12-23-16)19-24-18(28-31-19)17-25-20(22)27-21(26-17)29(3)15-8-6-5-7-9-15/h5-13H,4H2,1-3H3,(H2,22,25,26,27). The smallest absolute Gasteiger partial charge is 0.259 e. The number of aromatic nitrogens is 6. The zero-order valence-corrected chi connectivity index (χ0v) is 17.4. The van der Waals surface area contributed by atoms with E-state index in [9.17, 15) is 0 Å². The van der Waals surface area contributed by atoms with Gasteiger partial charge in [-0.25, -0.2) is 4.98 Å². The summed E-state index contributed by atoms with van der Waals surface area (Å²) in [6, 6.07) is 13.2. The van der Waals surface area contributed by atoms with E-state index in [4.69, 9.17) is 15.0 Å². The van der Waals surface area contributed by atoms with Gasteiger partial charge in [0.15, 0.2) is 0 Å². The molecular weight excluding hydrogens is 396 g/mol. The minimum absolute atomic E-state index is 0.0577. The van der Waals surface area contributed by atoms with Crippen LogP contribution in [-0.2, 0) is 0 Å². The molecule has 4 rings (SSSR count). The third-order valence-corrected chi connectivity index (χ3v) is 4.59. The van der Waals surface area contributed by atoms with Crippen LogP contribution < -0.4 is 15.4 Å². The van der Waals surface area contributed by atoms with E-state index in [1.165, 1.54) is 0 Å². The van der Waals surface area contributed by atoms with Gasteiger partial charge in [-0.1, -0.05) is 30.3 Å². The fourth-order valence-corrected chi connectivity index (χ4v) is 2.70. The average Bonchev–Trinajstić information content (AvgIpc) is 3.29. The number of ether oxygens (including phenoxy) is 1. The van der Waals surface area contributed by atoms with Crippen molar-refractivity contribution in [1.82, 2.24) is 30.1 Å². The predicted octanol–water partition coefficient (Wildman–Crippen LogP) is 3.51. The SMILES string of the molecule is CCC(C)Oc1ccc(-c2nc(-c3nc(N)nc(N(C)c4ccccc4)n3)no2)cn1. The third kappa shape index (κ3) is 4.58. The summed E-state index contributed by atoms with van der Waals surface area (Å²) >= 11 is 0. The average molecular weight is 418 g/mol. The lowest BCUT2D eigenvalue weighted by Crippen LogP contribution is -2.15. The third-order valence-electron chi connectivity index (χ3n) is 4.59. The van der Waals surface area contributed by atoms with Crippen molar-refractivity contribution >= 4 is 17.6 Å². The normalized spacial score (nSPS) is 11.8. The topological polar surface area (TPSA) is 129 Å². The monoisotopic (exact) mass is 418 g/mol. The van der Waals surface area contributed by atoms with Crippen LogP contribution in [0.4, 0.5) is 17.6 Å². The Hall–Kier alpha value is -4.08. The molecule has 0 radical (unpaired) electrons. The van der Waals surface area contributed by atoms with Crippen LogP contribution >= 0.6 is 0 Å². The van der Waals surface area contributed by atoms with Crippen LogP contribution in [0.25, 0.3) is 23.1 Å². The minimum atomic E-state index is 0.0577. The van der Waals surface area contributed by atoms with Gasteiger partial charge in [0.25, 0.3) is 5.89 Å². The highest BCUT2D eigenvalue weighted by Crippen LogP contribution is 2.25. The Morgan fingerprint density at radius 1 is 1.03 bits per heavy atom. The largest absolute Gasteiger partial charge is 0.475 e. The van der Waals surface area contributed by atoms with E-state index in [2.05, 4.69) is 37.0 Å². The molecule has 3 heterocycles. The molecule has 0 fully saturated rings. The molecule has 3 aromatic heterocycles. The second-order valence-corrected chi connectivity index (χ2v) is 6.86. The zero-order valence-electron chi connectivity index (χ0n) is 17.4. The second kappa shape index (κ2) is 8.74. The number of nitrogen functional groups attached to an aromatic ring is 1. The van der Waals surface area contributed by atoms with Gasteiger partial charge in [-0.3, -0.25) is 0 Å². The molecule has 4 aromatic rings. The molecule has 0 bridgehead atoms. The lowest BCUT2D eigenvalue weighted by Gasteiger charge is -2.17. The summed E-state index contributed by atoms with van der Waals surface area (Å²) in [7, 11) is 1.84. The molecule has 2 N–H and O–H groups in total. The van der Waals surface area contributed by atoms with Crippen LogP contribution in [0.15, 0.2) is 53.2 Å².